The molecule has 2 heterocycles. The van der Waals surface area contributed by atoms with Crippen molar-refractivity contribution in [1.29, 1.82) is 0 Å². The van der Waals surface area contributed by atoms with Gasteiger partial charge in [-0.1, -0.05) is 18.2 Å². The summed E-state index contributed by atoms with van der Waals surface area (Å²) in [5, 5.41) is 15.2. The fourth-order valence-corrected chi connectivity index (χ4v) is 2.58. The van der Waals surface area contributed by atoms with Gasteiger partial charge in [0.1, 0.15) is 17.4 Å². The van der Waals surface area contributed by atoms with Crippen LogP contribution in [0.15, 0.2) is 51.6 Å². The summed E-state index contributed by atoms with van der Waals surface area (Å²) in [5.74, 6) is 0.636. The third kappa shape index (κ3) is 2.12. The monoisotopic (exact) mass is 244 g/mol. The molecule has 0 amide bonds. The van der Waals surface area contributed by atoms with Gasteiger partial charge in [0.25, 0.3) is 0 Å². The summed E-state index contributed by atoms with van der Waals surface area (Å²) in [7, 11) is 0. The molecule has 3 rings (SSSR count). The van der Waals surface area contributed by atoms with Crippen LogP contribution in [0.4, 0.5) is 0 Å². The molecule has 0 spiro atoms. The van der Waals surface area contributed by atoms with Crippen LogP contribution in [0, 0.1) is 0 Å². The molecule has 2 aromatic heterocycles. The minimum absolute atomic E-state index is 0.572. The molecule has 0 fully saturated rings. The van der Waals surface area contributed by atoms with E-state index in [4.69, 9.17) is 4.42 Å². The van der Waals surface area contributed by atoms with Crippen molar-refractivity contribution >= 4 is 22.3 Å². The highest BCUT2D eigenvalue weighted by Crippen LogP contribution is 2.26. The Labute approximate surface area is 103 Å². The van der Waals surface area contributed by atoms with Crippen LogP contribution < -0.4 is 0 Å². The van der Waals surface area contributed by atoms with Gasteiger partial charge in [0.05, 0.1) is 0 Å². The summed E-state index contributed by atoms with van der Waals surface area (Å²) >= 11 is 1.64. The van der Waals surface area contributed by atoms with Crippen LogP contribution in [0.25, 0.3) is 11.0 Å². The lowest BCUT2D eigenvalue weighted by molar-refractivity contribution is 0.153. The molecule has 0 bridgehead atoms. The van der Waals surface area contributed by atoms with Crippen molar-refractivity contribution in [3.8, 4) is 0 Å². The third-order valence-corrected chi connectivity index (χ3v) is 3.51. The zero-order valence-corrected chi connectivity index (χ0v) is 9.98. The standard InChI is InChI=1S/C14H12O2S/c15-12(7-10-5-6-17-9-10)14-8-11-3-1-2-4-13(11)16-14/h1-6,8-9,12,15H,7H2. The van der Waals surface area contributed by atoms with Gasteiger partial charge in [-0.05, 0) is 34.5 Å². The van der Waals surface area contributed by atoms with E-state index in [1.165, 1.54) is 0 Å². The highest BCUT2D eigenvalue weighted by atomic mass is 32.1. The topological polar surface area (TPSA) is 33.4 Å². The Morgan fingerprint density at radius 1 is 1.24 bits per heavy atom. The van der Waals surface area contributed by atoms with Crippen molar-refractivity contribution < 1.29 is 9.52 Å². The Morgan fingerprint density at radius 3 is 2.88 bits per heavy atom. The van der Waals surface area contributed by atoms with E-state index >= 15 is 0 Å². The van der Waals surface area contributed by atoms with E-state index in [0.29, 0.717) is 12.2 Å². The highest BCUT2D eigenvalue weighted by Gasteiger charge is 2.13. The molecule has 17 heavy (non-hydrogen) atoms. The van der Waals surface area contributed by atoms with Crippen molar-refractivity contribution in [3.05, 3.63) is 58.5 Å². The van der Waals surface area contributed by atoms with E-state index in [0.717, 1.165) is 16.5 Å². The summed E-state index contributed by atoms with van der Waals surface area (Å²) in [5.41, 5.74) is 1.97. The third-order valence-electron chi connectivity index (χ3n) is 2.78. The van der Waals surface area contributed by atoms with E-state index in [2.05, 4.69) is 0 Å². The number of furan rings is 1. The molecule has 0 aliphatic rings. The number of rotatable bonds is 3. The number of hydrogen-bond acceptors (Lipinski definition) is 3. The number of fused-ring (bicyclic) bond motifs is 1. The maximum absolute atomic E-state index is 10.1. The maximum atomic E-state index is 10.1. The zero-order chi connectivity index (χ0) is 11.7. The Hall–Kier alpha value is -1.58. The lowest BCUT2D eigenvalue weighted by Crippen LogP contribution is -1.98. The van der Waals surface area contributed by atoms with Gasteiger partial charge in [-0.25, -0.2) is 0 Å². The van der Waals surface area contributed by atoms with Crippen LogP contribution in [0.1, 0.15) is 17.4 Å². The Kier molecular flexibility index (Phi) is 2.71. The summed E-state index contributed by atoms with van der Waals surface area (Å²) in [6, 6.07) is 11.7. The van der Waals surface area contributed by atoms with Gasteiger partial charge in [0.15, 0.2) is 0 Å². The van der Waals surface area contributed by atoms with Crippen LogP contribution in [-0.4, -0.2) is 5.11 Å². The first-order chi connectivity index (χ1) is 8.33. The summed E-state index contributed by atoms with van der Waals surface area (Å²) < 4.78 is 5.63. The van der Waals surface area contributed by atoms with Gasteiger partial charge < -0.3 is 9.52 Å². The summed E-state index contributed by atoms with van der Waals surface area (Å²) in [4.78, 5) is 0. The number of aliphatic hydroxyl groups excluding tert-OH is 1. The number of benzene rings is 1. The fraction of sp³-hybridized carbons (Fsp3) is 0.143. The molecule has 1 N–H and O–H groups in total. The molecule has 2 nitrogen and oxygen atoms in total. The van der Waals surface area contributed by atoms with E-state index in [1.54, 1.807) is 11.3 Å². The quantitative estimate of drug-likeness (QED) is 0.760. The second kappa shape index (κ2) is 4.35. The SMILES string of the molecule is OC(Cc1ccsc1)c1cc2ccccc2o1. The lowest BCUT2D eigenvalue weighted by atomic mass is 10.1. The zero-order valence-electron chi connectivity index (χ0n) is 9.17. The first-order valence-electron chi connectivity index (χ1n) is 5.50. The molecule has 1 atom stereocenters. The highest BCUT2D eigenvalue weighted by molar-refractivity contribution is 7.07. The van der Waals surface area contributed by atoms with Crippen molar-refractivity contribution in [2.75, 3.05) is 0 Å². The first-order valence-corrected chi connectivity index (χ1v) is 6.45. The van der Waals surface area contributed by atoms with Crippen LogP contribution >= 0.6 is 11.3 Å². The van der Waals surface area contributed by atoms with Crippen molar-refractivity contribution in [2.24, 2.45) is 0 Å². The smallest absolute Gasteiger partial charge is 0.134 e. The van der Waals surface area contributed by atoms with E-state index in [-0.39, 0.29) is 0 Å². The number of hydrogen-bond donors (Lipinski definition) is 1. The van der Waals surface area contributed by atoms with Gasteiger partial charge in [-0.15, -0.1) is 0 Å². The molecule has 0 radical (unpaired) electrons. The predicted octanol–water partition coefficient (Wildman–Crippen LogP) is 3.77. The van der Waals surface area contributed by atoms with Crippen molar-refractivity contribution in [1.82, 2.24) is 0 Å². The predicted molar refractivity (Wildman–Crippen MR) is 69.2 cm³/mol. The molecule has 0 aliphatic carbocycles. The van der Waals surface area contributed by atoms with Gasteiger partial charge >= 0.3 is 0 Å². The summed E-state index contributed by atoms with van der Waals surface area (Å²) in [6.07, 6.45) is 0.0283. The molecular formula is C14H12O2S. The number of para-hydroxylation sites is 1. The van der Waals surface area contributed by atoms with Crippen molar-refractivity contribution in [2.45, 2.75) is 12.5 Å². The Balaban J connectivity index is 1.88. The van der Waals surface area contributed by atoms with E-state index in [1.807, 2.05) is 47.2 Å². The minimum Gasteiger partial charge on any atom is -0.458 e. The van der Waals surface area contributed by atoms with Gasteiger partial charge in [0.2, 0.25) is 0 Å². The maximum Gasteiger partial charge on any atom is 0.134 e. The van der Waals surface area contributed by atoms with Gasteiger partial charge in [-0.3, -0.25) is 0 Å². The Bertz CT molecular complexity index is 577. The van der Waals surface area contributed by atoms with Gasteiger partial charge in [-0.2, -0.15) is 11.3 Å². The van der Waals surface area contributed by atoms with E-state index < -0.39 is 6.10 Å². The molecule has 1 aromatic carbocycles. The number of aliphatic hydroxyl groups is 1. The second-order valence-corrected chi connectivity index (χ2v) is 4.82. The summed E-state index contributed by atoms with van der Waals surface area (Å²) in [6.45, 7) is 0. The molecule has 3 aromatic rings. The largest absolute Gasteiger partial charge is 0.458 e. The molecule has 0 aliphatic heterocycles. The molecule has 1 unspecified atom stereocenters. The van der Waals surface area contributed by atoms with Crippen LogP contribution in [-0.2, 0) is 6.42 Å². The average molecular weight is 244 g/mol. The average Bonchev–Trinajstić information content (AvgIpc) is 2.96. The van der Waals surface area contributed by atoms with Crippen LogP contribution in [0.5, 0.6) is 0 Å². The first kappa shape index (κ1) is 10.6. The molecular weight excluding hydrogens is 232 g/mol. The molecule has 3 heteroatoms. The Morgan fingerprint density at radius 2 is 2.12 bits per heavy atom. The molecule has 0 saturated heterocycles. The lowest BCUT2D eigenvalue weighted by Gasteiger charge is -2.05. The van der Waals surface area contributed by atoms with Crippen molar-refractivity contribution in [3.63, 3.8) is 0 Å². The molecule has 86 valence electrons. The molecule has 0 saturated carbocycles. The van der Waals surface area contributed by atoms with Gasteiger partial charge in [0, 0.05) is 11.8 Å². The normalized spacial score (nSPS) is 13.0. The number of thiophene rings is 1. The minimum atomic E-state index is -0.572. The second-order valence-electron chi connectivity index (χ2n) is 4.04. The van der Waals surface area contributed by atoms with Crippen LogP contribution in [0.2, 0.25) is 0 Å². The fourth-order valence-electron chi connectivity index (χ4n) is 1.90. The van der Waals surface area contributed by atoms with E-state index in [9.17, 15) is 5.11 Å². The van der Waals surface area contributed by atoms with Crippen LogP contribution in [0.3, 0.4) is 0 Å².